The van der Waals surface area contributed by atoms with Gasteiger partial charge in [-0.15, -0.1) is 0 Å². The van der Waals surface area contributed by atoms with Gasteiger partial charge >= 0.3 is 0 Å². The van der Waals surface area contributed by atoms with Crippen LogP contribution in [0.5, 0.6) is 5.75 Å². The van der Waals surface area contributed by atoms with Crippen LogP contribution < -0.4 is 15.8 Å². The van der Waals surface area contributed by atoms with E-state index in [2.05, 4.69) is 20.4 Å². The fourth-order valence-electron chi connectivity index (χ4n) is 3.48. The van der Waals surface area contributed by atoms with E-state index in [1.54, 1.807) is 25.5 Å². The minimum absolute atomic E-state index is 0.135. The third-order valence-corrected chi connectivity index (χ3v) is 5.16. The molecule has 1 amide bonds. The van der Waals surface area contributed by atoms with Crippen LogP contribution in [0.15, 0.2) is 76.4 Å². The molecule has 5 rings (SSSR count). The number of fused-ring (bicyclic) bond motifs is 2. The van der Waals surface area contributed by atoms with Crippen LogP contribution in [0.1, 0.15) is 21.7 Å². The molecule has 0 spiro atoms. The summed E-state index contributed by atoms with van der Waals surface area (Å²) in [5.41, 5.74) is 9.59. The lowest BCUT2D eigenvalue weighted by Crippen LogP contribution is -2.23. The number of nitrogens with zero attached hydrogens (tertiary/aromatic N) is 4. The van der Waals surface area contributed by atoms with Gasteiger partial charge in [0.25, 0.3) is 5.91 Å². The molecule has 0 fully saturated rings. The van der Waals surface area contributed by atoms with Crippen LogP contribution >= 0.6 is 0 Å². The van der Waals surface area contributed by atoms with Crippen molar-refractivity contribution in [1.82, 2.24) is 20.0 Å². The molecule has 0 aliphatic heterocycles. The van der Waals surface area contributed by atoms with Crippen molar-refractivity contribution in [2.24, 2.45) is 5.10 Å². The largest absolute Gasteiger partial charge is 0.497 e. The Bertz CT molecular complexity index is 1470. The topological polar surface area (TPSA) is 121 Å². The number of para-hydroxylation sites is 2. The number of rotatable bonds is 6. The summed E-state index contributed by atoms with van der Waals surface area (Å²) < 4.78 is 11.9. The highest BCUT2D eigenvalue weighted by Crippen LogP contribution is 2.28. The van der Waals surface area contributed by atoms with E-state index >= 15 is 0 Å². The fourth-order valence-corrected chi connectivity index (χ4v) is 3.48. The van der Waals surface area contributed by atoms with Crippen molar-refractivity contribution in [2.75, 3.05) is 12.8 Å². The maximum atomic E-state index is 13.2. The minimum Gasteiger partial charge on any atom is -0.497 e. The first-order valence-electron chi connectivity index (χ1n) is 10.2. The lowest BCUT2D eigenvalue weighted by atomic mass is 10.2. The van der Waals surface area contributed by atoms with Gasteiger partial charge in [0.15, 0.2) is 5.65 Å². The average Bonchev–Trinajstić information content (AvgIpc) is 3.45. The Morgan fingerprint density at radius 1 is 1.12 bits per heavy atom. The SMILES string of the molecule is COc1ccc(CNC(=O)c2c(N)n(N=Cc3ccco3)c3nc4ccccc4nc23)cc1. The summed E-state index contributed by atoms with van der Waals surface area (Å²) in [7, 11) is 1.61. The number of amides is 1. The van der Waals surface area contributed by atoms with Gasteiger partial charge in [-0.05, 0) is 42.0 Å². The Morgan fingerprint density at radius 3 is 2.58 bits per heavy atom. The standard InChI is InChI=1S/C24H20N6O3/c1-32-16-10-8-15(9-11-16)13-26-24(31)20-21-23(29-19-7-3-2-6-18(19)28-21)30(22(20)25)27-14-17-5-4-12-33-17/h2-12,14H,13,25H2,1H3,(H,26,31). The van der Waals surface area contributed by atoms with Gasteiger partial charge < -0.3 is 20.2 Å². The number of carbonyl (C=O) groups excluding carboxylic acids is 1. The summed E-state index contributed by atoms with van der Waals surface area (Å²) in [6.07, 6.45) is 3.05. The molecule has 33 heavy (non-hydrogen) atoms. The molecule has 0 atom stereocenters. The van der Waals surface area contributed by atoms with Gasteiger partial charge in [0.1, 0.15) is 28.4 Å². The molecular formula is C24H20N6O3. The second-order valence-corrected chi connectivity index (χ2v) is 7.25. The number of nitrogens with one attached hydrogen (secondary N) is 1. The monoisotopic (exact) mass is 440 g/mol. The zero-order valence-corrected chi connectivity index (χ0v) is 17.7. The molecule has 0 radical (unpaired) electrons. The number of hydrogen-bond donors (Lipinski definition) is 2. The van der Waals surface area contributed by atoms with Crippen LogP contribution in [0.4, 0.5) is 5.82 Å². The fraction of sp³-hybridized carbons (Fsp3) is 0.0833. The van der Waals surface area contributed by atoms with Gasteiger partial charge in [-0.2, -0.15) is 9.78 Å². The maximum Gasteiger partial charge on any atom is 0.257 e. The van der Waals surface area contributed by atoms with E-state index < -0.39 is 0 Å². The van der Waals surface area contributed by atoms with Crippen LogP contribution in [0.25, 0.3) is 22.2 Å². The number of carbonyl (C=O) groups is 1. The second-order valence-electron chi connectivity index (χ2n) is 7.25. The number of anilines is 1. The molecule has 5 aromatic rings. The van der Waals surface area contributed by atoms with Crippen molar-refractivity contribution in [3.63, 3.8) is 0 Å². The number of nitrogen functional groups attached to an aromatic ring is 1. The van der Waals surface area contributed by atoms with E-state index in [0.717, 1.165) is 11.3 Å². The van der Waals surface area contributed by atoms with Crippen LogP contribution in [-0.2, 0) is 6.54 Å². The first-order chi connectivity index (χ1) is 16.1. The van der Waals surface area contributed by atoms with E-state index in [9.17, 15) is 4.79 Å². The highest BCUT2D eigenvalue weighted by Gasteiger charge is 2.24. The van der Waals surface area contributed by atoms with Gasteiger partial charge in [-0.1, -0.05) is 24.3 Å². The van der Waals surface area contributed by atoms with Gasteiger partial charge in [-0.25, -0.2) is 9.97 Å². The Morgan fingerprint density at radius 2 is 1.88 bits per heavy atom. The predicted octanol–water partition coefficient (Wildman–Crippen LogP) is 3.58. The molecular weight excluding hydrogens is 420 g/mol. The maximum absolute atomic E-state index is 13.2. The zero-order chi connectivity index (χ0) is 22.8. The van der Waals surface area contributed by atoms with Crippen molar-refractivity contribution in [1.29, 1.82) is 0 Å². The molecule has 0 bridgehead atoms. The normalized spacial score (nSPS) is 11.4. The second kappa shape index (κ2) is 8.46. The minimum atomic E-state index is -0.371. The number of hydrogen-bond acceptors (Lipinski definition) is 7. The van der Waals surface area contributed by atoms with Gasteiger partial charge in [0.05, 0.1) is 30.6 Å². The van der Waals surface area contributed by atoms with E-state index in [0.29, 0.717) is 34.5 Å². The number of furan rings is 1. The lowest BCUT2D eigenvalue weighted by Gasteiger charge is -2.06. The number of aromatic nitrogens is 3. The Hall–Kier alpha value is -4.66. The smallest absolute Gasteiger partial charge is 0.257 e. The van der Waals surface area contributed by atoms with Crippen molar-refractivity contribution in [2.45, 2.75) is 6.54 Å². The molecule has 0 unspecified atom stereocenters. The molecule has 3 N–H and O–H groups in total. The summed E-state index contributed by atoms with van der Waals surface area (Å²) in [6.45, 7) is 0.311. The Balaban J connectivity index is 1.55. The third kappa shape index (κ3) is 3.87. The van der Waals surface area contributed by atoms with Crippen LogP contribution in [0.2, 0.25) is 0 Å². The van der Waals surface area contributed by atoms with E-state index in [4.69, 9.17) is 14.9 Å². The van der Waals surface area contributed by atoms with Crippen molar-refractivity contribution in [3.8, 4) is 5.75 Å². The number of nitrogens with two attached hydrogens (primary N) is 1. The zero-order valence-electron chi connectivity index (χ0n) is 17.7. The summed E-state index contributed by atoms with van der Waals surface area (Å²) in [5, 5.41) is 7.31. The molecule has 9 heteroatoms. The summed E-state index contributed by atoms with van der Waals surface area (Å²) >= 11 is 0. The Kier molecular flexibility index (Phi) is 5.19. The van der Waals surface area contributed by atoms with E-state index in [1.165, 1.54) is 10.9 Å². The molecule has 3 aromatic heterocycles. The molecule has 9 nitrogen and oxygen atoms in total. The summed E-state index contributed by atoms with van der Waals surface area (Å²) in [6, 6.07) is 18.4. The van der Waals surface area contributed by atoms with Gasteiger partial charge in [0, 0.05) is 6.54 Å². The quantitative estimate of drug-likeness (QED) is 0.389. The summed E-state index contributed by atoms with van der Waals surface area (Å²) in [5.74, 6) is 1.05. The van der Waals surface area contributed by atoms with Gasteiger partial charge in [-0.3, -0.25) is 4.79 Å². The number of ether oxygens (including phenoxy) is 1. The van der Waals surface area contributed by atoms with Crippen molar-refractivity contribution >= 4 is 40.1 Å². The lowest BCUT2D eigenvalue weighted by molar-refractivity contribution is 0.0953. The van der Waals surface area contributed by atoms with E-state index in [-0.39, 0.29) is 17.3 Å². The molecule has 0 aliphatic rings. The van der Waals surface area contributed by atoms with Gasteiger partial charge in [0.2, 0.25) is 0 Å². The highest BCUT2D eigenvalue weighted by molar-refractivity contribution is 6.10. The molecule has 2 aromatic carbocycles. The van der Waals surface area contributed by atoms with Crippen molar-refractivity contribution in [3.05, 3.63) is 83.8 Å². The van der Waals surface area contributed by atoms with Crippen LogP contribution in [-0.4, -0.2) is 33.9 Å². The van der Waals surface area contributed by atoms with E-state index in [1.807, 2.05) is 48.5 Å². The van der Waals surface area contributed by atoms with Crippen LogP contribution in [0.3, 0.4) is 0 Å². The van der Waals surface area contributed by atoms with Crippen LogP contribution in [0, 0.1) is 0 Å². The average molecular weight is 440 g/mol. The molecule has 0 saturated carbocycles. The molecule has 3 heterocycles. The first-order valence-corrected chi connectivity index (χ1v) is 10.2. The predicted molar refractivity (Wildman–Crippen MR) is 125 cm³/mol. The Labute approximate surface area is 188 Å². The number of methoxy groups -OCH3 is 1. The first kappa shape index (κ1) is 20.3. The molecule has 164 valence electrons. The summed E-state index contributed by atoms with van der Waals surface area (Å²) in [4.78, 5) is 22.5. The number of benzene rings is 2. The third-order valence-electron chi connectivity index (χ3n) is 5.16. The van der Waals surface area contributed by atoms with Crippen molar-refractivity contribution < 1.29 is 13.9 Å². The molecule has 0 saturated heterocycles. The highest BCUT2D eigenvalue weighted by atomic mass is 16.5. The molecule has 0 aliphatic carbocycles.